The number of amides is 1. The SMILES string of the molecule is NCOC(=O)Nc1nccs1. The van der Waals surface area contributed by atoms with Crippen LogP contribution in [0.5, 0.6) is 0 Å². The Labute approximate surface area is 67.2 Å². The highest BCUT2D eigenvalue weighted by Gasteiger charge is 2.01. The van der Waals surface area contributed by atoms with E-state index in [0.717, 1.165) is 0 Å². The molecule has 1 rings (SSSR count). The van der Waals surface area contributed by atoms with Crippen molar-refractivity contribution in [1.82, 2.24) is 4.98 Å². The highest BCUT2D eigenvalue weighted by atomic mass is 32.1. The highest BCUT2D eigenvalue weighted by molar-refractivity contribution is 7.13. The van der Waals surface area contributed by atoms with Crippen LogP contribution in [0.4, 0.5) is 9.93 Å². The van der Waals surface area contributed by atoms with Gasteiger partial charge in [-0.25, -0.2) is 9.78 Å². The van der Waals surface area contributed by atoms with E-state index in [-0.39, 0.29) is 6.73 Å². The number of hydrogen-bond acceptors (Lipinski definition) is 5. The number of nitrogens with one attached hydrogen (secondary N) is 1. The molecule has 1 amide bonds. The Balaban J connectivity index is 2.37. The maximum absolute atomic E-state index is 10.7. The van der Waals surface area contributed by atoms with Gasteiger partial charge in [0.1, 0.15) is 6.73 Å². The molecule has 0 aromatic carbocycles. The Morgan fingerprint density at radius 2 is 2.73 bits per heavy atom. The van der Waals surface area contributed by atoms with Gasteiger partial charge in [0.05, 0.1) is 0 Å². The van der Waals surface area contributed by atoms with Crippen LogP contribution in [0.1, 0.15) is 0 Å². The second-order valence-corrected chi connectivity index (χ2v) is 2.46. The molecule has 1 aromatic rings. The molecule has 6 heteroatoms. The quantitative estimate of drug-likeness (QED) is 0.642. The van der Waals surface area contributed by atoms with Crippen LogP contribution in [0.2, 0.25) is 0 Å². The molecule has 0 aliphatic carbocycles. The summed E-state index contributed by atoms with van der Waals surface area (Å²) in [6.07, 6.45) is 1.00. The van der Waals surface area contributed by atoms with Gasteiger partial charge in [-0.1, -0.05) is 0 Å². The van der Waals surface area contributed by atoms with Crippen molar-refractivity contribution in [2.24, 2.45) is 5.73 Å². The lowest BCUT2D eigenvalue weighted by Gasteiger charge is -1.99. The molecule has 0 unspecified atom stereocenters. The van der Waals surface area contributed by atoms with E-state index < -0.39 is 6.09 Å². The number of rotatable bonds is 2. The fourth-order valence-corrected chi connectivity index (χ4v) is 0.999. The van der Waals surface area contributed by atoms with Crippen LogP contribution >= 0.6 is 11.3 Å². The van der Waals surface area contributed by atoms with Crippen LogP contribution in [0, 0.1) is 0 Å². The third-order valence-electron chi connectivity index (χ3n) is 0.856. The van der Waals surface area contributed by atoms with Gasteiger partial charge in [-0.15, -0.1) is 11.3 Å². The van der Waals surface area contributed by atoms with Gasteiger partial charge in [0, 0.05) is 11.6 Å². The standard InChI is InChI=1S/C5H7N3O2S/c6-3-10-5(9)8-4-7-1-2-11-4/h1-2H,3,6H2,(H,7,8,9). The Bertz CT molecular complexity index is 224. The molecular weight excluding hydrogens is 166 g/mol. The number of carbonyl (C=O) groups is 1. The molecule has 0 fully saturated rings. The molecule has 11 heavy (non-hydrogen) atoms. The lowest BCUT2D eigenvalue weighted by Crippen LogP contribution is -2.17. The fourth-order valence-electron chi connectivity index (χ4n) is 0.484. The van der Waals surface area contributed by atoms with Gasteiger partial charge in [-0.2, -0.15) is 0 Å². The zero-order valence-corrected chi connectivity index (χ0v) is 6.43. The first-order valence-corrected chi connectivity index (χ1v) is 3.74. The highest BCUT2D eigenvalue weighted by Crippen LogP contribution is 2.09. The summed E-state index contributed by atoms with van der Waals surface area (Å²) in [5, 5.41) is 4.64. The van der Waals surface area contributed by atoms with Gasteiger partial charge >= 0.3 is 6.09 Å². The second kappa shape index (κ2) is 3.89. The van der Waals surface area contributed by atoms with Crippen molar-refractivity contribution in [1.29, 1.82) is 0 Å². The van der Waals surface area contributed by atoms with Crippen LogP contribution in [0.3, 0.4) is 0 Å². The van der Waals surface area contributed by atoms with E-state index in [2.05, 4.69) is 15.0 Å². The van der Waals surface area contributed by atoms with E-state index >= 15 is 0 Å². The van der Waals surface area contributed by atoms with E-state index in [1.54, 1.807) is 11.6 Å². The number of thiazole rings is 1. The molecule has 0 spiro atoms. The van der Waals surface area contributed by atoms with E-state index in [1.807, 2.05) is 0 Å². The normalized spacial score (nSPS) is 9.18. The van der Waals surface area contributed by atoms with Crippen molar-refractivity contribution in [3.05, 3.63) is 11.6 Å². The lowest BCUT2D eigenvalue weighted by molar-refractivity contribution is 0.165. The molecule has 5 nitrogen and oxygen atoms in total. The number of aromatic nitrogens is 1. The van der Waals surface area contributed by atoms with Crippen molar-refractivity contribution in [2.75, 3.05) is 12.0 Å². The van der Waals surface area contributed by atoms with Crippen LogP contribution in [0.15, 0.2) is 11.6 Å². The van der Waals surface area contributed by atoms with E-state index in [0.29, 0.717) is 5.13 Å². The summed E-state index contributed by atoms with van der Waals surface area (Å²) in [6.45, 7) is -0.128. The largest absolute Gasteiger partial charge is 0.434 e. The van der Waals surface area contributed by atoms with E-state index in [4.69, 9.17) is 5.73 Å². The molecular formula is C5H7N3O2S. The zero-order chi connectivity index (χ0) is 8.10. The third-order valence-corrected chi connectivity index (χ3v) is 1.54. The molecule has 0 aliphatic rings. The van der Waals surface area contributed by atoms with Crippen LogP contribution in [0.25, 0.3) is 0 Å². The molecule has 0 bridgehead atoms. The maximum Gasteiger partial charge on any atom is 0.414 e. The number of hydrogen-bond donors (Lipinski definition) is 2. The lowest BCUT2D eigenvalue weighted by atomic mass is 11.0. The molecule has 0 atom stereocenters. The van der Waals surface area contributed by atoms with Gasteiger partial charge in [0.2, 0.25) is 0 Å². The molecule has 60 valence electrons. The molecule has 0 radical (unpaired) electrons. The molecule has 1 heterocycles. The predicted octanol–water partition coefficient (Wildman–Crippen LogP) is 0.608. The summed E-state index contributed by atoms with van der Waals surface area (Å²) in [7, 11) is 0. The topological polar surface area (TPSA) is 77.2 Å². The van der Waals surface area contributed by atoms with Gasteiger partial charge in [-0.05, 0) is 0 Å². The average molecular weight is 173 g/mol. The summed E-state index contributed by atoms with van der Waals surface area (Å²) in [5.41, 5.74) is 4.96. The van der Waals surface area contributed by atoms with Crippen molar-refractivity contribution in [3.8, 4) is 0 Å². The first-order chi connectivity index (χ1) is 5.33. The molecule has 0 saturated heterocycles. The molecule has 0 aliphatic heterocycles. The molecule has 3 N–H and O–H groups in total. The number of anilines is 1. The third kappa shape index (κ3) is 2.52. The summed E-state index contributed by atoms with van der Waals surface area (Å²) < 4.78 is 4.41. The molecule has 0 saturated carbocycles. The van der Waals surface area contributed by atoms with Crippen LogP contribution < -0.4 is 11.1 Å². The monoisotopic (exact) mass is 173 g/mol. The van der Waals surface area contributed by atoms with Crippen LogP contribution in [-0.2, 0) is 4.74 Å². The Morgan fingerprint density at radius 3 is 3.27 bits per heavy atom. The minimum atomic E-state index is -0.581. The van der Waals surface area contributed by atoms with Crippen molar-refractivity contribution in [2.45, 2.75) is 0 Å². The first kappa shape index (κ1) is 7.96. The van der Waals surface area contributed by atoms with Gasteiger partial charge in [-0.3, -0.25) is 11.1 Å². The summed E-state index contributed by atoms with van der Waals surface area (Å²) in [5.74, 6) is 0. The minimum Gasteiger partial charge on any atom is -0.434 e. The minimum absolute atomic E-state index is 0.128. The summed E-state index contributed by atoms with van der Waals surface area (Å²) in [6, 6.07) is 0. The Kier molecular flexibility index (Phi) is 2.82. The maximum atomic E-state index is 10.7. The summed E-state index contributed by atoms with van der Waals surface area (Å²) in [4.78, 5) is 14.5. The van der Waals surface area contributed by atoms with Gasteiger partial charge < -0.3 is 4.74 Å². The number of ether oxygens (including phenoxy) is 1. The zero-order valence-electron chi connectivity index (χ0n) is 5.61. The Morgan fingerprint density at radius 1 is 1.91 bits per heavy atom. The average Bonchev–Trinajstić information content (AvgIpc) is 2.40. The first-order valence-electron chi connectivity index (χ1n) is 2.86. The van der Waals surface area contributed by atoms with Crippen LogP contribution in [-0.4, -0.2) is 17.8 Å². The second-order valence-electron chi connectivity index (χ2n) is 1.56. The van der Waals surface area contributed by atoms with E-state index in [9.17, 15) is 4.79 Å². The summed E-state index contributed by atoms with van der Waals surface area (Å²) >= 11 is 1.31. The van der Waals surface area contributed by atoms with Crippen molar-refractivity contribution >= 4 is 22.6 Å². The number of nitrogens with zero attached hydrogens (tertiary/aromatic N) is 1. The fraction of sp³-hybridized carbons (Fsp3) is 0.200. The number of nitrogens with two attached hydrogens (primary N) is 1. The van der Waals surface area contributed by atoms with E-state index in [1.165, 1.54) is 11.3 Å². The van der Waals surface area contributed by atoms with Crippen molar-refractivity contribution in [3.63, 3.8) is 0 Å². The molecule has 1 aromatic heterocycles. The van der Waals surface area contributed by atoms with Gasteiger partial charge in [0.25, 0.3) is 0 Å². The van der Waals surface area contributed by atoms with Gasteiger partial charge in [0.15, 0.2) is 5.13 Å². The Hall–Kier alpha value is -1.14. The van der Waals surface area contributed by atoms with Crippen molar-refractivity contribution < 1.29 is 9.53 Å². The number of carbonyl (C=O) groups excluding carboxylic acids is 1. The smallest absolute Gasteiger partial charge is 0.414 e. The predicted molar refractivity (Wildman–Crippen MR) is 41.3 cm³/mol.